The van der Waals surface area contributed by atoms with E-state index in [2.05, 4.69) is 28.8 Å². The number of carbonyl (C=O) groups excluding carboxylic acids is 2. The normalized spacial score (nSPS) is 12.3. The molecule has 0 rings (SSSR count). The molecule has 0 aromatic carbocycles. The zero-order valence-corrected chi connectivity index (χ0v) is 10.6. The average molecular weight is 230 g/mol. The number of nitrogens with zero attached hydrogens (tertiary/aromatic N) is 1. The Kier molecular flexibility index (Phi) is 7.54. The van der Waals surface area contributed by atoms with Crippen LogP contribution in [0.1, 0.15) is 27.7 Å². The van der Waals surface area contributed by atoms with Crippen LogP contribution in [0.4, 0.5) is 0 Å². The highest BCUT2D eigenvalue weighted by Gasteiger charge is 2.17. The van der Waals surface area contributed by atoms with E-state index in [1.807, 2.05) is 6.92 Å². The molecule has 1 amide bonds. The van der Waals surface area contributed by atoms with Crippen molar-refractivity contribution >= 4 is 11.9 Å². The van der Waals surface area contributed by atoms with Crippen molar-refractivity contribution in [2.45, 2.75) is 33.7 Å². The van der Waals surface area contributed by atoms with Crippen molar-refractivity contribution in [3.05, 3.63) is 0 Å². The molecule has 0 spiro atoms. The van der Waals surface area contributed by atoms with Crippen molar-refractivity contribution in [2.24, 2.45) is 0 Å². The van der Waals surface area contributed by atoms with Crippen LogP contribution in [0.3, 0.4) is 0 Å². The summed E-state index contributed by atoms with van der Waals surface area (Å²) < 4.78 is 4.60. The molecule has 5 heteroatoms. The first kappa shape index (κ1) is 14.9. The summed E-state index contributed by atoms with van der Waals surface area (Å²) in [5.74, 6) is -1.48. The zero-order chi connectivity index (χ0) is 12.6. The predicted molar refractivity (Wildman–Crippen MR) is 62.0 cm³/mol. The van der Waals surface area contributed by atoms with Crippen LogP contribution in [0.5, 0.6) is 0 Å². The van der Waals surface area contributed by atoms with Crippen LogP contribution in [-0.4, -0.2) is 49.1 Å². The second-order valence-electron chi connectivity index (χ2n) is 3.58. The summed E-state index contributed by atoms with van der Waals surface area (Å²) in [7, 11) is 0. The van der Waals surface area contributed by atoms with Crippen LogP contribution in [0.2, 0.25) is 0 Å². The average Bonchev–Trinajstić information content (AvgIpc) is 2.26. The minimum Gasteiger partial charge on any atom is -0.459 e. The molecule has 0 aliphatic heterocycles. The molecule has 0 saturated heterocycles. The Bertz CT molecular complexity index is 227. The SMILES string of the molecule is CCOC(=O)C(=O)NC(C)CN(CC)CC. The Labute approximate surface area is 97.1 Å². The smallest absolute Gasteiger partial charge is 0.396 e. The van der Waals surface area contributed by atoms with Crippen LogP contribution in [0, 0.1) is 0 Å². The summed E-state index contributed by atoms with van der Waals surface area (Å²) in [5.41, 5.74) is 0. The quantitative estimate of drug-likeness (QED) is 0.530. The summed E-state index contributed by atoms with van der Waals surface area (Å²) in [6.45, 7) is 10.5. The van der Waals surface area contributed by atoms with Gasteiger partial charge >= 0.3 is 11.9 Å². The number of hydrogen-bond donors (Lipinski definition) is 1. The minimum absolute atomic E-state index is 0.0585. The van der Waals surface area contributed by atoms with Gasteiger partial charge in [0, 0.05) is 12.6 Å². The van der Waals surface area contributed by atoms with E-state index in [-0.39, 0.29) is 12.6 Å². The van der Waals surface area contributed by atoms with Gasteiger partial charge in [-0.2, -0.15) is 0 Å². The van der Waals surface area contributed by atoms with Gasteiger partial charge in [-0.3, -0.25) is 4.79 Å². The van der Waals surface area contributed by atoms with E-state index in [1.54, 1.807) is 6.92 Å². The lowest BCUT2D eigenvalue weighted by molar-refractivity contribution is -0.154. The summed E-state index contributed by atoms with van der Waals surface area (Å²) in [6.07, 6.45) is 0. The number of likely N-dealkylation sites (N-methyl/N-ethyl adjacent to an activating group) is 1. The lowest BCUT2D eigenvalue weighted by Crippen LogP contribution is -2.44. The van der Waals surface area contributed by atoms with Crippen LogP contribution >= 0.6 is 0 Å². The highest BCUT2D eigenvalue weighted by molar-refractivity contribution is 6.32. The lowest BCUT2D eigenvalue weighted by Gasteiger charge is -2.22. The Morgan fingerprint density at radius 2 is 1.81 bits per heavy atom. The first-order valence-electron chi connectivity index (χ1n) is 5.75. The molecule has 94 valence electrons. The van der Waals surface area contributed by atoms with Crippen molar-refractivity contribution in [1.82, 2.24) is 10.2 Å². The van der Waals surface area contributed by atoms with Crippen molar-refractivity contribution in [3.8, 4) is 0 Å². The monoisotopic (exact) mass is 230 g/mol. The Morgan fingerprint density at radius 1 is 1.25 bits per heavy atom. The summed E-state index contributed by atoms with van der Waals surface area (Å²) in [5, 5.41) is 2.61. The van der Waals surface area contributed by atoms with Gasteiger partial charge in [0.25, 0.3) is 0 Å². The molecule has 0 aliphatic carbocycles. The topological polar surface area (TPSA) is 58.6 Å². The number of ether oxygens (including phenoxy) is 1. The van der Waals surface area contributed by atoms with Gasteiger partial charge in [-0.05, 0) is 26.9 Å². The molecule has 16 heavy (non-hydrogen) atoms. The molecule has 0 fully saturated rings. The molecular formula is C11H22N2O3. The van der Waals surface area contributed by atoms with Gasteiger partial charge in [-0.25, -0.2) is 4.79 Å². The molecule has 1 N–H and O–H groups in total. The zero-order valence-electron chi connectivity index (χ0n) is 10.6. The maximum absolute atomic E-state index is 11.3. The fourth-order valence-corrected chi connectivity index (χ4v) is 1.39. The Hall–Kier alpha value is -1.10. The fourth-order valence-electron chi connectivity index (χ4n) is 1.39. The van der Waals surface area contributed by atoms with Gasteiger partial charge < -0.3 is 15.0 Å². The minimum atomic E-state index is -0.811. The second kappa shape index (κ2) is 8.10. The van der Waals surface area contributed by atoms with E-state index in [1.165, 1.54) is 0 Å². The predicted octanol–water partition coefficient (Wildman–Crippen LogP) is 0.396. The van der Waals surface area contributed by atoms with Crippen molar-refractivity contribution in [1.29, 1.82) is 0 Å². The molecule has 5 nitrogen and oxygen atoms in total. The Balaban J connectivity index is 3.99. The molecule has 1 atom stereocenters. The van der Waals surface area contributed by atoms with Gasteiger partial charge in [0.1, 0.15) is 0 Å². The van der Waals surface area contributed by atoms with Crippen molar-refractivity contribution < 1.29 is 14.3 Å². The molecule has 0 aliphatic rings. The molecule has 0 saturated carbocycles. The summed E-state index contributed by atoms with van der Waals surface area (Å²) in [6, 6.07) is -0.0585. The van der Waals surface area contributed by atoms with E-state index in [9.17, 15) is 9.59 Å². The highest BCUT2D eigenvalue weighted by Crippen LogP contribution is 1.92. The first-order chi connectivity index (χ1) is 7.54. The van der Waals surface area contributed by atoms with E-state index >= 15 is 0 Å². The number of hydrogen-bond acceptors (Lipinski definition) is 4. The van der Waals surface area contributed by atoms with E-state index in [0.29, 0.717) is 0 Å². The van der Waals surface area contributed by atoms with Crippen LogP contribution in [0.15, 0.2) is 0 Å². The maximum Gasteiger partial charge on any atom is 0.396 e. The van der Waals surface area contributed by atoms with Gasteiger partial charge in [0.2, 0.25) is 0 Å². The summed E-state index contributed by atoms with van der Waals surface area (Å²) in [4.78, 5) is 24.5. The van der Waals surface area contributed by atoms with Gasteiger partial charge in [-0.1, -0.05) is 13.8 Å². The van der Waals surface area contributed by atoms with Crippen LogP contribution in [-0.2, 0) is 14.3 Å². The number of nitrogens with one attached hydrogen (secondary N) is 1. The van der Waals surface area contributed by atoms with Gasteiger partial charge in [0.05, 0.1) is 6.61 Å². The first-order valence-corrected chi connectivity index (χ1v) is 5.75. The van der Waals surface area contributed by atoms with Crippen molar-refractivity contribution in [3.63, 3.8) is 0 Å². The lowest BCUT2D eigenvalue weighted by atomic mass is 10.3. The number of rotatable bonds is 6. The molecule has 1 unspecified atom stereocenters. The third-order valence-corrected chi connectivity index (χ3v) is 2.26. The van der Waals surface area contributed by atoms with Gasteiger partial charge in [-0.15, -0.1) is 0 Å². The molecular weight excluding hydrogens is 208 g/mol. The summed E-state index contributed by atoms with van der Waals surface area (Å²) >= 11 is 0. The van der Waals surface area contributed by atoms with Crippen LogP contribution < -0.4 is 5.32 Å². The molecule has 0 heterocycles. The highest BCUT2D eigenvalue weighted by atomic mass is 16.5. The third kappa shape index (κ3) is 5.70. The van der Waals surface area contributed by atoms with Crippen molar-refractivity contribution in [2.75, 3.05) is 26.2 Å². The third-order valence-electron chi connectivity index (χ3n) is 2.26. The molecule has 0 radical (unpaired) electrons. The Morgan fingerprint density at radius 3 is 2.25 bits per heavy atom. The number of esters is 1. The van der Waals surface area contributed by atoms with Gasteiger partial charge in [0.15, 0.2) is 0 Å². The number of amides is 1. The van der Waals surface area contributed by atoms with Crippen LogP contribution in [0.25, 0.3) is 0 Å². The second-order valence-corrected chi connectivity index (χ2v) is 3.58. The van der Waals surface area contributed by atoms with E-state index in [0.717, 1.165) is 19.6 Å². The largest absolute Gasteiger partial charge is 0.459 e. The molecule has 0 aromatic rings. The maximum atomic E-state index is 11.3. The van der Waals surface area contributed by atoms with E-state index in [4.69, 9.17) is 0 Å². The fraction of sp³-hybridized carbons (Fsp3) is 0.818. The number of carbonyl (C=O) groups is 2. The van der Waals surface area contributed by atoms with E-state index < -0.39 is 11.9 Å². The molecule has 0 aromatic heterocycles. The standard InChI is InChI=1S/C11H22N2O3/c1-5-13(6-2)8-9(4)12-10(14)11(15)16-7-3/h9H,5-8H2,1-4H3,(H,12,14). The molecule has 0 bridgehead atoms.